The average Bonchev–Trinajstić information content (AvgIpc) is 3.33. The van der Waals surface area contributed by atoms with Crippen LogP contribution in [-0.2, 0) is 4.74 Å². The fourth-order valence-corrected chi connectivity index (χ4v) is 4.27. The molecule has 27 heavy (non-hydrogen) atoms. The molecule has 0 spiro atoms. The fraction of sp³-hybridized carbons (Fsp3) is 0.789. The van der Waals surface area contributed by atoms with Crippen LogP contribution in [0.1, 0.15) is 32.2 Å². The normalized spacial score (nSPS) is 26.9. The van der Waals surface area contributed by atoms with Crippen molar-refractivity contribution in [2.75, 3.05) is 53.5 Å². The van der Waals surface area contributed by atoms with Gasteiger partial charge in [-0.25, -0.2) is 4.98 Å². The molecule has 3 unspecified atom stereocenters. The van der Waals surface area contributed by atoms with Crippen LogP contribution in [0.15, 0.2) is 23.7 Å². The van der Waals surface area contributed by atoms with Crippen LogP contribution in [0, 0.1) is 5.92 Å². The first-order valence-electron chi connectivity index (χ1n) is 9.89. The Morgan fingerprint density at radius 1 is 1.33 bits per heavy atom. The zero-order valence-electron chi connectivity index (χ0n) is 16.9. The molecule has 2 saturated heterocycles. The molecule has 154 valence electrons. The van der Waals surface area contributed by atoms with Crippen LogP contribution in [0.2, 0.25) is 0 Å². The predicted octanol–water partition coefficient (Wildman–Crippen LogP) is 2.07. The summed E-state index contributed by atoms with van der Waals surface area (Å²) >= 11 is 0. The van der Waals surface area contributed by atoms with Crippen molar-refractivity contribution in [2.45, 2.75) is 38.3 Å². The van der Waals surface area contributed by atoms with Crippen molar-refractivity contribution in [3.63, 3.8) is 0 Å². The number of halogens is 1. The third-order valence-corrected chi connectivity index (χ3v) is 5.92. The van der Waals surface area contributed by atoms with Crippen LogP contribution >= 0.6 is 24.0 Å². The minimum absolute atomic E-state index is 0. The van der Waals surface area contributed by atoms with Crippen LogP contribution in [0.25, 0.3) is 0 Å². The molecule has 1 N–H and O–H groups in total. The second-order valence-electron chi connectivity index (χ2n) is 7.54. The predicted molar refractivity (Wildman–Crippen MR) is 120 cm³/mol. The van der Waals surface area contributed by atoms with Gasteiger partial charge >= 0.3 is 0 Å². The third kappa shape index (κ3) is 5.80. The summed E-state index contributed by atoms with van der Waals surface area (Å²) in [6, 6.07) is 1.03. The number of nitrogens with zero attached hydrogens (tertiary/aromatic N) is 5. The fourth-order valence-electron chi connectivity index (χ4n) is 4.27. The largest absolute Gasteiger partial charge is 0.383 e. The number of ether oxygens (including phenoxy) is 1. The van der Waals surface area contributed by atoms with Crippen molar-refractivity contribution in [3.05, 3.63) is 18.7 Å². The monoisotopic (exact) mass is 490 g/mol. The van der Waals surface area contributed by atoms with Gasteiger partial charge in [0.1, 0.15) is 0 Å². The molecule has 0 radical (unpaired) electrons. The molecular weight excluding hydrogens is 455 g/mol. The van der Waals surface area contributed by atoms with Gasteiger partial charge in [0.2, 0.25) is 0 Å². The maximum absolute atomic E-state index is 5.25. The second-order valence-corrected chi connectivity index (χ2v) is 7.54. The van der Waals surface area contributed by atoms with E-state index in [2.05, 4.69) is 42.8 Å². The SMILES string of the molecule is CN=C(NCC1CCCN1CCOC)N1CCC(C)C(n2ccnc2)C1.I. The Hall–Kier alpha value is -0.870. The molecule has 2 aliphatic heterocycles. The van der Waals surface area contributed by atoms with Crippen LogP contribution in [0.5, 0.6) is 0 Å². The average molecular weight is 490 g/mol. The summed E-state index contributed by atoms with van der Waals surface area (Å²) in [6.45, 7) is 8.34. The number of aliphatic imine (C=N–C) groups is 1. The number of nitrogens with one attached hydrogen (secondary N) is 1. The first kappa shape index (κ1) is 22.4. The van der Waals surface area contributed by atoms with E-state index in [4.69, 9.17) is 4.74 Å². The van der Waals surface area contributed by atoms with Gasteiger partial charge in [-0.15, -0.1) is 24.0 Å². The van der Waals surface area contributed by atoms with E-state index < -0.39 is 0 Å². The Balaban J connectivity index is 0.00000261. The van der Waals surface area contributed by atoms with E-state index in [0.29, 0.717) is 18.0 Å². The molecule has 8 heteroatoms. The zero-order valence-corrected chi connectivity index (χ0v) is 19.2. The Bertz CT molecular complexity index is 567. The van der Waals surface area contributed by atoms with Gasteiger partial charge in [0, 0.05) is 58.8 Å². The van der Waals surface area contributed by atoms with Crippen molar-refractivity contribution < 1.29 is 4.74 Å². The van der Waals surface area contributed by atoms with E-state index in [1.165, 1.54) is 25.8 Å². The van der Waals surface area contributed by atoms with E-state index in [-0.39, 0.29) is 24.0 Å². The van der Waals surface area contributed by atoms with Crippen molar-refractivity contribution in [1.29, 1.82) is 0 Å². The van der Waals surface area contributed by atoms with Gasteiger partial charge in [0.15, 0.2) is 5.96 Å². The lowest BCUT2D eigenvalue weighted by Gasteiger charge is -2.39. The van der Waals surface area contributed by atoms with Crippen molar-refractivity contribution in [3.8, 4) is 0 Å². The topological polar surface area (TPSA) is 57.9 Å². The van der Waals surface area contributed by atoms with Crippen LogP contribution in [0.4, 0.5) is 0 Å². The first-order chi connectivity index (χ1) is 12.7. The Morgan fingerprint density at radius 3 is 2.89 bits per heavy atom. The minimum Gasteiger partial charge on any atom is -0.383 e. The van der Waals surface area contributed by atoms with Crippen molar-refractivity contribution in [2.24, 2.45) is 10.9 Å². The van der Waals surface area contributed by atoms with Crippen molar-refractivity contribution in [1.82, 2.24) is 24.7 Å². The molecule has 2 aliphatic rings. The molecule has 0 bridgehead atoms. The van der Waals surface area contributed by atoms with E-state index in [9.17, 15) is 0 Å². The third-order valence-electron chi connectivity index (χ3n) is 5.92. The van der Waals surface area contributed by atoms with E-state index in [1.807, 2.05) is 19.6 Å². The molecule has 2 fully saturated rings. The van der Waals surface area contributed by atoms with Crippen LogP contribution < -0.4 is 5.32 Å². The smallest absolute Gasteiger partial charge is 0.193 e. The number of hydrogen-bond donors (Lipinski definition) is 1. The summed E-state index contributed by atoms with van der Waals surface area (Å²) in [4.78, 5) is 13.7. The summed E-state index contributed by atoms with van der Waals surface area (Å²) in [5, 5.41) is 3.64. The highest BCUT2D eigenvalue weighted by atomic mass is 127. The van der Waals surface area contributed by atoms with E-state index >= 15 is 0 Å². The maximum Gasteiger partial charge on any atom is 0.193 e. The number of hydrogen-bond acceptors (Lipinski definition) is 4. The molecule has 3 heterocycles. The number of imidazole rings is 1. The number of guanidine groups is 1. The lowest BCUT2D eigenvalue weighted by Crippen LogP contribution is -2.51. The summed E-state index contributed by atoms with van der Waals surface area (Å²) in [6.07, 6.45) is 9.58. The molecular formula is C19H35IN6O. The lowest BCUT2D eigenvalue weighted by atomic mass is 9.93. The van der Waals surface area contributed by atoms with E-state index in [1.54, 1.807) is 7.11 Å². The van der Waals surface area contributed by atoms with Gasteiger partial charge in [0.05, 0.1) is 19.0 Å². The molecule has 0 aliphatic carbocycles. The Morgan fingerprint density at radius 2 is 2.19 bits per heavy atom. The lowest BCUT2D eigenvalue weighted by molar-refractivity contribution is 0.140. The number of likely N-dealkylation sites (tertiary alicyclic amines) is 2. The minimum atomic E-state index is 0. The Kier molecular flexibility index (Phi) is 9.31. The highest BCUT2D eigenvalue weighted by Crippen LogP contribution is 2.27. The summed E-state index contributed by atoms with van der Waals surface area (Å²) < 4.78 is 7.49. The summed E-state index contributed by atoms with van der Waals surface area (Å²) in [5.74, 6) is 1.68. The maximum atomic E-state index is 5.25. The summed E-state index contributed by atoms with van der Waals surface area (Å²) in [5.41, 5.74) is 0. The Labute approximate surface area is 180 Å². The molecule has 3 rings (SSSR count). The molecule has 0 aromatic carbocycles. The van der Waals surface area contributed by atoms with Gasteiger partial charge in [-0.3, -0.25) is 9.89 Å². The van der Waals surface area contributed by atoms with Crippen molar-refractivity contribution >= 4 is 29.9 Å². The first-order valence-corrected chi connectivity index (χ1v) is 9.89. The van der Waals surface area contributed by atoms with Gasteiger partial charge < -0.3 is 19.5 Å². The molecule has 7 nitrogen and oxygen atoms in total. The quantitative estimate of drug-likeness (QED) is 0.376. The van der Waals surface area contributed by atoms with Gasteiger partial charge in [0.25, 0.3) is 0 Å². The van der Waals surface area contributed by atoms with Gasteiger partial charge in [-0.1, -0.05) is 6.92 Å². The zero-order chi connectivity index (χ0) is 18.4. The highest BCUT2D eigenvalue weighted by Gasteiger charge is 2.30. The number of piperidine rings is 1. The van der Waals surface area contributed by atoms with Crippen LogP contribution in [-0.4, -0.2) is 84.8 Å². The molecule has 0 saturated carbocycles. The number of methoxy groups -OCH3 is 1. The highest BCUT2D eigenvalue weighted by molar-refractivity contribution is 14.0. The number of rotatable bonds is 6. The molecule has 3 atom stereocenters. The second kappa shape index (κ2) is 11.2. The molecule has 1 aromatic heterocycles. The molecule has 0 amide bonds. The molecule has 1 aromatic rings. The standard InChI is InChI=1S/C19H34N6O.HI/c1-16-6-9-24(14-18(16)25-10-7-21-15-25)19(20-2)22-13-17-5-4-8-23(17)11-12-26-3;/h7,10,15-18H,4-6,8-9,11-14H2,1-3H3,(H,20,22);1H. The van der Waals surface area contributed by atoms with Crippen LogP contribution in [0.3, 0.4) is 0 Å². The summed E-state index contributed by atoms with van der Waals surface area (Å²) in [7, 11) is 3.67. The van der Waals surface area contributed by atoms with Gasteiger partial charge in [-0.2, -0.15) is 0 Å². The van der Waals surface area contributed by atoms with E-state index in [0.717, 1.165) is 38.7 Å². The number of aromatic nitrogens is 2. The van der Waals surface area contributed by atoms with Gasteiger partial charge in [-0.05, 0) is 31.7 Å².